The molecule has 0 saturated carbocycles. The second-order valence-corrected chi connectivity index (χ2v) is 9.18. The van der Waals surface area contributed by atoms with Crippen molar-refractivity contribution in [2.24, 2.45) is 0 Å². The standard InChI is InChI=1S/C24H23FN4O2S/c1-15-7-5-10-19(16(15)2)29-22(30)20-21(26-23(32-20)27-11-3-4-12-27)28(24(29)31)14-17-8-6-9-18(25)13-17/h5-10,13H,3-4,11-12,14H2,1-2H3. The van der Waals surface area contributed by atoms with Crippen molar-refractivity contribution in [2.45, 2.75) is 33.2 Å². The van der Waals surface area contributed by atoms with Crippen LogP contribution in [0, 0.1) is 19.7 Å². The number of rotatable bonds is 4. The van der Waals surface area contributed by atoms with Crippen molar-refractivity contribution in [1.82, 2.24) is 14.1 Å². The van der Waals surface area contributed by atoms with E-state index in [9.17, 15) is 14.0 Å². The molecule has 164 valence electrons. The molecule has 1 fully saturated rings. The van der Waals surface area contributed by atoms with Crippen LogP contribution in [0.1, 0.15) is 29.5 Å². The molecular formula is C24H23FN4O2S. The van der Waals surface area contributed by atoms with Gasteiger partial charge in [-0.05, 0) is 61.6 Å². The van der Waals surface area contributed by atoms with Gasteiger partial charge in [0, 0.05) is 13.1 Å². The highest BCUT2D eigenvalue weighted by Crippen LogP contribution is 2.29. The maximum absolute atomic E-state index is 13.8. The van der Waals surface area contributed by atoms with Crippen molar-refractivity contribution in [1.29, 1.82) is 0 Å². The predicted molar refractivity (Wildman–Crippen MR) is 126 cm³/mol. The summed E-state index contributed by atoms with van der Waals surface area (Å²) >= 11 is 1.32. The van der Waals surface area contributed by atoms with E-state index in [1.54, 1.807) is 18.2 Å². The van der Waals surface area contributed by atoms with Crippen molar-refractivity contribution in [3.8, 4) is 5.69 Å². The Balaban J connectivity index is 1.80. The lowest BCUT2D eigenvalue weighted by Gasteiger charge is -2.14. The third kappa shape index (κ3) is 3.44. The van der Waals surface area contributed by atoms with Gasteiger partial charge in [0.05, 0.1) is 12.2 Å². The SMILES string of the molecule is Cc1cccc(-n2c(=O)c3sc(N4CCCC4)nc3n(Cc3cccc(F)c3)c2=O)c1C. The molecule has 0 N–H and O–H groups in total. The van der Waals surface area contributed by atoms with Gasteiger partial charge in [0.25, 0.3) is 5.56 Å². The van der Waals surface area contributed by atoms with Gasteiger partial charge in [-0.3, -0.25) is 9.36 Å². The summed E-state index contributed by atoms with van der Waals surface area (Å²) in [6.45, 7) is 5.76. The molecule has 0 bridgehead atoms. The molecule has 0 radical (unpaired) electrons. The summed E-state index contributed by atoms with van der Waals surface area (Å²) in [6, 6.07) is 11.7. The van der Waals surface area contributed by atoms with Gasteiger partial charge in [-0.1, -0.05) is 35.6 Å². The van der Waals surface area contributed by atoms with Crippen LogP contribution in [0.25, 0.3) is 16.0 Å². The summed E-state index contributed by atoms with van der Waals surface area (Å²) in [5.74, 6) is -0.370. The highest BCUT2D eigenvalue weighted by atomic mass is 32.1. The second kappa shape index (κ2) is 8.02. The fourth-order valence-corrected chi connectivity index (χ4v) is 5.27. The second-order valence-electron chi connectivity index (χ2n) is 8.20. The normalized spacial score (nSPS) is 13.9. The van der Waals surface area contributed by atoms with E-state index in [0.717, 1.165) is 42.2 Å². The summed E-state index contributed by atoms with van der Waals surface area (Å²) in [7, 11) is 0. The molecule has 0 aliphatic carbocycles. The van der Waals surface area contributed by atoms with Gasteiger partial charge in [0.2, 0.25) is 0 Å². The van der Waals surface area contributed by atoms with E-state index in [2.05, 4.69) is 4.90 Å². The van der Waals surface area contributed by atoms with Crippen molar-refractivity contribution >= 4 is 26.8 Å². The number of anilines is 1. The average molecular weight is 451 g/mol. The molecule has 0 spiro atoms. The molecular weight excluding hydrogens is 427 g/mol. The van der Waals surface area contributed by atoms with Crippen LogP contribution in [-0.2, 0) is 6.54 Å². The Morgan fingerprint density at radius 1 is 1.06 bits per heavy atom. The summed E-state index contributed by atoms with van der Waals surface area (Å²) in [4.78, 5) is 34.1. The van der Waals surface area contributed by atoms with Crippen LogP contribution in [0.3, 0.4) is 0 Å². The topological polar surface area (TPSA) is 60.1 Å². The number of halogens is 1. The Hall–Kier alpha value is -3.26. The molecule has 1 aliphatic rings. The van der Waals surface area contributed by atoms with Crippen LogP contribution in [0.15, 0.2) is 52.1 Å². The molecule has 8 heteroatoms. The van der Waals surface area contributed by atoms with E-state index < -0.39 is 5.69 Å². The first-order chi connectivity index (χ1) is 15.4. The van der Waals surface area contributed by atoms with Gasteiger partial charge in [0.1, 0.15) is 10.5 Å². The third-order valence-electron chi connectivity index (χ3n) is 6.10. The van der Waals surface area contributed by atoms with Gasteiger partial charge < -0.3 is 4.90 Å². The van der Waals surface area contributed by atoms with Crippen LogP contribution in [0.4, 0.5) is 9.52 Å². The zero-order chi connectivity index (χ0) is 22.4. The Kier molecular flexibility index (Phi) is 5.17. The molecule has 32 heavy (non-hydrogen) atoms. The molecule has 3 heterocycles. The number of benzene rings is 2. The molecule has 2 aromatic carbocycles. The maximum Gasteiger partial charge on any atom is 0.337 e. The first kappa shape index (κ1) is 20.6. The number of thiazole rings is 1. The van der Waals surface area contributed by atoms with E-state index >= 15 is 0 Å². The van der Waals surface area contributed by atoms with E-state index in [4.69, 9.17) is 4.98 Å². The highest BCUT2D eigenvalue weighted by Gasteiger charge is 2.23. The van der Waals surface area contributed by atoms with Crippen molar-refractivity contribution in [2.75, 3.05) is 18.0 Å². The number of hydrogen-bond donors (Lipinski definition) is 0. The summed E-state index contributed by atoms with van der Waals surface area (Å²) in [5, 5.41) is 0.751. The Morgan fingerprint density at radius 2 is 1.81 bits per heavy atom. The van der Waals surface area contributed by atoms with E-state index in [0.29, 0.717) is 21.6 Å². The summed E-state index contributed by atoms with van der Waals surface area (Å²) in [5.41, 5.74) is 2.58. The lowest BCUT2D eigenvalue weighted by atomic mass is 10.1. The molecule has 0 amide bonds. The molecule has 5 rings (SSSR count). The molecule has 2 aromatic heterocycles. The molecule has 6 nitrogen and oxygen atoms in total. The largest absolute Gasteiger partial charge is 0.348 e. The fraction of sp³-hybridized carbons (Fsp3) is 0.292. The number of hydrogen-bond acceptors (Lipinski definition) is 5. The van der Waals surface area contributed by atoms with Crippen LogP contribution in [0.2, 0.25) is 0 Å². The summed E-state index contributed by atoms with van der Waals surface area (Å²) < 4.78 is 17.0. The van der Waals surface area contributed by atoms with Crippen LogP contribution in [0.5, 0.6) is 0 Å². The lowest BCUT2D eigenvalue weighted by molar-refractivity contribution is 0.621. The first-order valence-corrected chi connectivity index (χ1v) is 11.5. The van der Waals surface area contributed by atoms with Crippen LogP contribution >= 0.6 is 11.3 Å². The van der Waals surface area contributed by atoms with E-state index in [1.807, 2.05) is 26.0 Å². The fourth-order valence-electron chi connectivity index (χ4n) is 4.22. The molecule has 1 aliphatic heterocycles. The summed E-state index contributed by atoms with van der Waals surface area (Å²) in [6.07, 6.45) is 2.16. The number of fused-ring (bicyclic) bond motifs is 1. The zero-order valence-corrected chi connectivity index (χ0v) is 18.8. The number of aromatic nitrogens is 3. The Morgan fingerprint density at radius 3 is 2.56 bits per heavy atom. The van der Waals surface area contributed by atoms with Gasteiger partial charge >= 0.3 is 5.69 Å². The smallest absolute Gasteiger partial charge is 0.337 e. The van der Waals surface area contributed by atoms with Crippen molar-refractivity contribution < 1.29 is 4.39 Å². The van der Waals surface area contributed by atoms with Gasteiger partial charge in [-0.25, -0.2) is 18.7 Å². The third-order valence-corrected chi connectivity index (χ3v) is 7.19. The monoisotopic (exact) mass is 450 g/mol. The lowest BCUT2D eigenvalue weighted by Crippen LogP contribution is -2.39. The molecule has 0 atom stereocenters. The minimum atomic E-state index is -0.473. The van der Waals surface area contributed by atoms with Crippen LogP contribution in [-0.4, -0.2) is 27.2 Å². The van der Waals surface area contributed by atoms with E-state index in [-0.39, 0.29) is 17.9 Å². The highest BCUT2D eigenvalue weighted by molar-refractivity contribution is 7.22. The molecule has 4 aromatic rings. The predicted octanol–water partition coefficient (Wildman–Crippen LogP) is 4.01. The Labute approximate surface area is 188 Å². The van der Waals surface area contributed by atoms with Crippen LogP contribution < -0.4 is 16.1 Å². The number of aryl methyl sites for hydroxylation is 1. The maximum atomic E-state index is 13.8. The van der Waals surface area contributed by atoms with Gasteiger partial charge in [-0.15, -0.1) is 0 Å². The van der Waals surface area contributed by atoms with Gasteiger partial charge in [-0.2, -0.15) is 0 Å². The van der Waals surface area contributed by atoms with Crippen molar-refractivity contribution in [3.05, 3.63) is 85.8 Å². The minimum absolute atomic E-state index is 0.126. The zero-order valence-electron chi connectivity index (χ0n) is 18.0. The number of nitrogens with zero attached hydrogens (tertiary/aromatic N) is 4. The quantitative estimate of drug-likeness (QED) is 0.471. The van der Waals surface area contributed by atoms with Crippen molar-refractivity contribution in [3.63, 3.8) is 0 Å². The first-order valence-electron chi connectivity index (χ1n) is 10.7. The molecule has 1 saturated heterocycles. The van der Waals surface area contributed by atoms with E-state index in [1.165, 1.54) is 32.6 Å². The minimum Gasteiger partial charge on any atom is -0.348 e. The Bertz CT molecular complexity index is 1450. The van der Waals surface area contributed by atoms with Gasteiger partial charge in [0.15, 0.2) is 10.8 Å². The molecule has 0 unspecified atom stereocenters. The average Bonchev–Trinajstić information content (AvgIpc) is 3.44.